The van der Waals surface area contributed by atoms with Crippen LogP contribution >= 0.6 is 0 Å². The van der Waals surface area contributed by atoms with Crippen molar-refractivity contribution in [1.82, 2.24) is 4.98 Å². The van der Waals surface area contributed by atoms with Crippen LogP contribution < -0.4 is 4.90 Å². The van der Waals surface area contributed by atoms with Crippen molar-refractivity contribution < 1.29 is 4.74 Å². The lowest BCUT2D eigenvalue weighted by Crippen LogP contribution is -2.36. The molecule has 0 amide bonds. The summed E-state index contributed by atoms with van der Waals surface area (Å²) in [6.07, 6.45) is 2.00. The van der Waals surface area contributed by atoms with Crippen LogP contribution in [0.5, 0.6) is 0 Å². The molecule has 22 heavy (non-hydrogen) atoms. The Kier molecular flexibility index (Phi) is 3.49. The fraction of sp³-hybridized carbons (Fsp3) is 0.211. The number of pyridine rings is 1. The third-order valence-electron chi connectivity index (χ3n) is 4.17. The molecule has 110 valence electrons. The number of morpholine rings is 1. The third-order valence-corrected chi connectivity index (χ3v) is 4.17. The first kappa shape index (κ1) is 13.3. The number of ether oxygens (including phenoxy) is 1. The zero-order chi connectivity index (χ0) is 14.8. The van der Waals surface area contributed by atoms with Gasteiger partial charge in [-0.15, -0.1) is 0 Å². The molecule has 0 saturated carbocycles. The van der Waals surface area contributed by atoms with Gasteiger partial charge in [-0.05, 0) is 10.9 Å². The van der Waals surface area contributed by atoms with Gasteiger partial charge in [0.1, 0.15) is 5.82 Å². The lowest BCUT2D eigenvalue weighted by molar-refractivity contribution is 0.122. The first-order valence-electron chi connectivity index (χ1n) is 7.69. The summed E-state index contributed by atoms with van der Waals surface area (Å²) in [5, 5.41) is 2.47. The lowest BCUT2D eigenvalue weighted by Gasteiger charge is -2.29. The topological polar surface area (TPSA) is 25.4 Å². The van der Waals surface area contributed by atoms with E-state index in [0.29, 0.717) is 0 Å². The fourth-order valence-corrected chi connectivity index (χ4v) is 3.05. The summed E-state index contributed by atoms with van der Waals surface area (Å²) < 4.78 is 5.46. The SMILES string of the molecule is c1ccc(-c2cnc(N3CCOCC3)c3ccccc23)cc1. The summed E-state index contributed by atoms with van der Waals surface area (Å²) in [4.78, 5) is 7.10. The number of anilines is 1. The van der Waals surface area contributed by atoms with E-state index < -0.39 is 0 Å². The molecule has 0 spiro atoms. The average molecular weight is 290 g/mol. The van der Waals surface area contributed by atoms with E-state index in [1.165, 1.54) is 21.9 Å². The highest BCUT2D eigenvalue weighted by molar-refractivity contribution is 6.01. The van der Waals surface area contributed by atoms with Gasteiger partial charge in [0.15, 0.2) is 0 Å². The van der Waals surface area contributed by atoms with Gasteiger partial charge in [0, 0.05) is 30.2 Å². The number of hydrogen-bond acceptors (Lipinski definition) is 3. The number of benzene rings is 2. The van der Waals surface area contributed by atoms with E-state index in [-0.39, 0.29) is 0 Å². The van der Waals surface area contributed by atoms with Gasteiger partial charge in [0.05, 0.1) is 13.2 Å². The van der Waals surface area contributed by atoms with Crippen LogP contribution in [0.4, 0.5) is 5.82 Å². The average Bonchev–Trinajstić information content (AvgIpc) is 2.62. The second kappa shape index (κ2) is 5.78. The maximum Gasteiger partial charge on any atom is 0.136 e. The van der Waals surface area contributed by atoms with Crippen LogP contribution in [0.25, 0.3) is 21.9 Å². The third kappa shape index (κ3) is 2.34. The monoisotopic (exact) mass is 290 g/mol. The quantitative estimate of drug-likeness (QED) is 0.719. The van der Waals surface area contributed by atoms with Gasteiger partial charge < -0.3 is 9.64 Å². The maximum atomic E-state index is 5.46. The highest BCUT2D eigenvalue weighted by atomic mass is 16.5. The zero-order valence-electron chi connectivity index (χ0n) is 12.4. The molecule has 0 aliphatic carbocycles. The van der Waals surface area contributed by atoms with Crippen molar-refractivity contribution in [2.75, 3.05) is 31.2 Å². The molecule has 0 unspecified atom stereocenters. The second-order valence-electron chi connectivity index (χ2n) is 5.51. The van der Waals surface area contributed by atoms with E-state index in [9.17, 15) is 0 Å². The van der Waals surface area contributed by atoms with Crippen LogP contribution in [-0.4, -0.2) is 31.3 Å². The number of nitrogens with zero attached hydrogens (tertiary/aromatic N) is 2. The van der Waals surface area contributed by atoms with E-state index in [0.717, 1.165) is 32.1 Å². The molecule has 4 rings (SSSR count). The van der Waals surface area contributed by atoms with Gasteiger partial charge in [-0.3, -0.25) is 0 Å². The minimum atomic E-state index is 0.774. The van der Waals surface area contributed by atoms with Crippen LogP contribution in [0.3, 0.4) is 0 Å². The molecule has 1 fully saturated rings. The predicted molar refractivity (Wildman–Crippen MR) is 90.2 cm³/mol. The second-order valence-corrected chi connectivity index (χ2v) is 5.51. The molecular weight excluding hydrogens is 272 g/mol. The molecule has 0 N–H and O–H groups in total. The van der Waals surface area contributed by atoms with Gasteiger partial charge in [-0.1, -0.05) is 54.6 Å². The van der Waals surface area contributed by atoms with Crippen molar-refractivity contribution in [1.29, 1.82) is 0 Å². The van der Waals surface area contributed by atoms with Gasteiger partial charge >= 0.3 is 0 Å². The molecule has 3 heteroatoms. The van der Waals surface area contributed by atoms with Gasteiger partial charge in [-0.25, -0.2) is 4.98 Å². The van der Waals surface area contributed by atoms with Crippen molar-refractivity contribution >= 4 is 16.6 Å². The Morgan fingerprint density at radius 3 is 2.27 bits per heavy atom. The zero-order valence-corrected chi connectivity index (χ0v) is 12.4. The molecule has 2 heterocycles. The summed E-state index contributed by atoms with van der Waals surface area (Å²) in [6.45, 7) is 3.36. The summed E-state index contributed by atoms with van der Waals surface area (Å²) >= 11 is 0. The number of rotatable bonds is 2. The molecule has 0 bridgehead atoms. The number of fused-ring (bicyclic) bond motifs is 1. The highest BCUT2D eigenvalue weighted by Gasteiger charge is 2.16. The Morgan fingerprint density at radius 1 is 0.818 bits per heavy atom. The van der Waals surface area contributed by atoms with Crippen LogP contribution in [-0.2, 0) is 4.74 Å². The van der Waals surface area contributed by atoms with Crippen LogP contribution in [0.15, 0.2) is 60.8 Å². The van der Waals surface area contributed by atoms with Gasteiger partial charge in [0.2, 0.25) is 0 Å². The molecule has 1 aliphatic rings. The number of hydrogen-bond donors (Lipinski definition) is 0. The van der Waals surface area contributed by atoms with Crippen LogP contribution in [0.2, 0.25) is 0 Å². The van der Waals surface area contributed by atoms with Crippen molar-refractivity contribution in [3.8, 4) is 11.1 Å². The summed E-state index contributed by atoms with van der Waals surface area (Å²) in [5.74, 6) is 1.07. The molecule has 0 radical (unpaired) electrons. The minimum absolute atomic E-state index is 0.774. The predicted octanol–water partition coefficient (Wildman–Crippen LogP) is 3.74. The number of aromatic nitrogens is 1. The highest BCUT2D eigenvalue weighted by Crippen LogP contribution is 2.33. The Morgan fingerprint density at radius 2 is 1.50 bits per heavy atom. The van der Waals surface area contributed by atoms with Crippen molar-refractivity contribution in [3.63, 3.8) is 0 Å². The first-order valence-corrected chi connectivity index (χ1v) is 7.69. The van der Waals surface area contributed by atoms with Crippen molar-refractivity contribution in [2.24, 2.45) is 0 Å². The Balaban J connectivity index is 1.88. The summed E-state index contributed by atoms with van der Waals surface area (Å²) in [7, 11) is 0. The smallest absolute Gasteiger partial charge is 0.136 e. The molecule has 3 aromatic rings. The van der Waals surface area contributed by atoms with Gasteiger partial charge in [-0.2, -0.15) is 0 Å². The molecule has 3 nitrogen and oxygen atoms in total. The normalized spacial score (nSPS) is 15.2. The lowest BCUT2D eigenvalue weighted by atomic mass is 10.0. The standard InChI is InChI=1S/C19H18N2O/c1-2-6-15(7-3-1)18-14-20-19(21-10-12-22-13-11-21)17-9-5-4-8-16(17)18/h1-9,14H,10-13H2. The molecular formula is C19H18N2O. The molecule has 1 saturated heterocycles. The molecule has 2 aromatic carbocycles. The Bertz CT molecular complexity index is 780. The van der Waals surface area contributed by atoms with E-state index in [4.69, 9.17) is 9.72 Å². The summed E-state index contributed by atoms with van der Waals surface area (Å²) in [6, 6.07) is 19.0. The first-order chi connectivity index (χ1) is 10.9. The van der Waals surface area contributed by atoms with Gasteiger partial charge in [0.25, 0.3) is 0 Å². The minimum Gasteiger partial charge on any atom is -0.378 e. The van der Waals surface area contributed by atoms with Crippen molar-refractivity contribution in [3.05, 3.63) is 60.8 Å². The fourth-order valence-electron chi connectivity index (χ4n) is 3.05. The molecule has 1 aromatic heterocycles. The van der Waals surface area contributed by atoms with Crippen LogP contribution in [0, 0.1) is 0 Å². The van der Waals surface area contributed by atoms with Crippen LogP contribution in [0.1, 0.15) is 0 Å². The van der Waals surface area contributed by atoms with E-state index >= 15 is 0 Å². The Labute approximate surface area is 130 Å². The maximum absolute atomic E-state index is 5.46. The van der Waals surface area contributed by atoms with Crippen molar-refractivity contribution in [2.45, 2.75) is 0 Å². The van der Waals surface area contributed by atoms with E-state index in [2.05, 4.69) is 53.4 Å². The molecule has 1 aliphatic heterocycles. The van der Waals surface area contributed by atoms with E-state index in [1.54, 1.807) is 0 Å². The summed E-state index contributed by atoms with van der Waals surface area (Å²) in [5.41, 5.74) is 2.40. The molecule has 0 atom stereocenters. The Hall–Kier alpha value is -2.39. The van der Waals surface area contributed by atoms with E-state index in [1.807, 2.05) is 12.3 Å². The largest absolute Gasteiger partial charge is 0.378 e.